The quantitative estimate of drug-likeness (QED) is 0.705. The molecule has 0 amide bonds. The Hall–Kier alpha value is -0.590. The second-order valence-electron chi connectivity index (χ2n) is 5.29. The third-order valence-electron chi connectivity index (χ3n) is 3.10. The summed E-state index contributed by atoms with van der Waals surface area (Å²) in [6.45, 7) is 6.98. The SMILES string of the molecule is CC(C)(C#N)CCCCOC1CCCNC1. The van der Waals surface area contributed by atoms with Crippen molar-refractivity contribution in [2.24, 2.45) is 5.41 Å². The molecule has 1 rings (SSSR count). The molecular formula is C13H24N2O. The number of nitrogens with one attached hydrogen (secondary N) is 1. The van der Waals surface area contributed by atoms with E-state index >= 15 is 0 Å². The highest BCUT2D eigenvalue weighted by molar-refractivity contribution is 4.91. The predicted octanol–water partition coefficient (Wildman–Crippen LogP) is 2.48. The molecule has 3 heteroatoms. The van der Waals surface area contributed by atoms with Crippen molar-refractivity contribution in [1.82, 2.24) is 5.32 Å². The van der Waals surface area contributed by atoms with Gasteiger partial charge in [0.25, 0.3) is 0 Å². The first kappa shape index (κ1) is 13.5. The van der Waals surface area contributed by atoms with Crippen LogP contribution in [0.25, 0.3) is 0 Å². The van der Waals surface area contributed by atoms with Crippen molar-refractivity contribution in [2.45, 2.75) is 52.1 Å². The van der Waals surface area contributed by atoms with Gasteiger partial charge in [-0.05, 0) is 52.5 Å². The molecule has 92 valence electrons. The number of piperidine rings is 1. The van der Waals surface area contributed by atoms with Crippen LogP contribution in [-0.2, 0) is 4.74 Å². The number of hydrogen-bond donors (Lipinski definition) is 1. The maximum Gasteiger partial charge on any atom is 0.0699 e. The summed E-state index contributed by atoms with van der Waals surface area (Å²) in [5, 5.41) is 12.2. The molecule has 1 aliphatic rings. The van der Waals surface area contributed by atoms with Crippen LogP contribution in [0.15, 0.2) is 0 Å². The van der Waals surface area contributed by atoms with E-state index < -0.39 is 0 Å². The van der Waals surface area contributed by atoms with Gasteiger partial charge in [-0.25, -0.2) is 0 Å². The smallest absolute Gasteiger partial charge is 0.0699 e. The molecule has 0 aliphatic carbocycles. The van der Waals surface area contributed by atoms with Crippen LogP contribution in [0, 0.1) is 16.7 Å². The molecule has 0 aromatic carbocycles. The minimum absolute atomic E-state index is 0.174. The van der Waals surface area contributed by atoms with Crippen LogP contribution in [0.4, 0.5) is 0 Å². The Labute approximate surface area is 99.2 Å². The Kier molecular flexibility index (Phi) is 5.79. The Morgan fingerprint density at radius 2 is 2.25 bits per heavy atom. The zero-order valence-electron chi connectivity index (χ0n) is 10.6. The fourth-order valence-electron chi connectivity index (χ4n) is 1.94. The molecule has 0 saturated carbocycles. The molecule has 0 aromatic heterocycles. The Balaban J connectivity index is 1.97. The van der Waals surface area contributed by atoms with Gasteiger partial charge in [0.15, 0.2) is 0 Å². The van der Waals surface area contributed by atoms with E-state index in [-0.39, 0.29) is 5.41 Å². The first-order valence-electron chi connectivity index (χ1n) is 6.38. The normalized spacial score (nSPS) is 21.7. The summed E-state index contributed by atoms with van der Waals surface area (Å²) in [6, 6.07) is 2.33. The number of rotatable bonds is 6. The van der Waals surface area contributed by atoms with Gasteiger partial charge in [0, 0.05) is 13.2 Å². The van der Waals surface area contributed by atoms with Gasteiger partial charge in [-0.15, -0.1) is 0 Å². The third kappa shape index (κ3) is 5.48. The van der Waals surface area contributed by atoms with Crippen LogP contribution in [-0.4, -0.2) is 25.8 Å². The van der Waals surface area contributed by atoms with E-state index in [9.17, 15) is 0 Å². The molecule has 1 fully saturated rings. The van der Waals surface area contributed by atoms with Gasteiger partial charge in [-0.1, -0.05) is 0 Å². The summed E-state index contributed by atoms with van der Waals surface area (Å²) in [4.78, 5) is 0. The van der Waals surface area contributed by atoms with E-state index in [2.05, 4.69) is 11.4 Å². The molecule has 1 atom stereocenters. The van der Waals surface area contributed by atoms with Gasteiger partial charge < -0.3 is 10.1 Å². The van der Waals surface area contributed by atoms with Gasteiger partial charge >= 0.3 is 0 Å². The number of nitrogens with zero attached hydrogens (tertiary/aromatic N) is 1. The number of ether oxygens (including phenoxy) is 1. The van der Waals surface area contributed by atoms with Crippen molar-refractivity contribution in [3.8, 4) is 6.07 Å². The van der Waals surface area contributed by atoms with Gasteiger partial charge in [-0.2, -0.15) is 5.26 Å². The van der Waals surface area contributed by atoms with Crippen LogP contribution in [0.2, 0.25) is 0 Å². The van der Waals surface area contributed by atoms with Crippen LogP contribution in [0.5, 0.6) is 0 Å². The highest BCUT2D eigenvalue weighted by Gasteiger charge is 2.16. The van der Waals surface area contributed by atoms with E-state index in [1.165, 1.54) is 12.8 Å². The molecule has 1 aliphatic heterocycles. The molecule has 3 nitrogen and oxygen atoms in total. The summed E-state index contributed by atoms with van der Waals surface area (Å²) in [5.41, 5.74) is -0.174. The second kappa shape index (κ2) is 6.88. The van der Waals surface area contributed by atoms with Gasteiger partial charge in [-0.3, -0.25) is 0 Å². The largest absolute Gasteiger partial charge is 0.377 e. The minimum atomic E-state index is -0.174. The molecule has 1 heterocycles. The zero-order valence-corrected chi connectivity index (χ0v) is 10.6. The van der Waals surface area contributed by atoms with Crippen molar-refractivity contribution in [2.75, 3.05) is 19.7 Å². The zero-order chi connectivity index (χ0) is 11.9. The fourth-order valence-corrected chi connectivity index (χ4v) is 1.94. The highest BCUT2D eigenvalue weighted by atomic mass is 16.5. The summed E-state index contributed by atoms with van der Waals surface area (Å²) in [7, 11) is 0. The van der Waals surface area contributed by atoms with Gasteiger partial charge in [0.2, 0.25) is 0 Å². The molecule has 1 saturated heterocycles. The average molecular weight is 224 g/mol. The lowest BCUT2D eigenvalue weighted by Crippen LogP contribution is -2.35. The van der Waals surface area contributed by atoms with Crippen molar-refractivity contribution < 1.29 is 4.74 Å². The lowest BCUT2D eigenvalue weighted by Gasteiger charge is -2.23. The molecule has 0 bridgehead atoms. The maximum absolute atomic E-state index is 8.86. The van der Waals surface area contributed by atoms with E-state index in [1.807, 2.05) is 13.8 Å². The minimum Gasteiger partial charge on any atom is -0.377 e. The molecule has 1 unspecified atom stereocenters. The molecule has 0 radical (unpaired) electrons. The van der Waals surface area contributed by atoms with Crippen molar-refractivity contribution in [1.29, 1.82) is 5.26 Å². The Morgan fingerprint density at radius 3 is 2.88 bits per heavy atom. The van der Waals surface area contributed by atoms with Crippen molar-refractivity contribution >= 4 is 0 Å². The number of unbranched alkanes of at least 4 members (excludes halogenated alkanes) is 1. The van der Waals surface area contributed by atoms with Crippen LogP contribution >= 0.6 is 0 Å². The number of hydrogen-bond acceptors (Lipinski definition) is 3. The lowest BCUT2D eigenvalue weighted by molar-refractivity contribution is 0.0342. The van der Waals surface area contributed by atoms with Gasteiger partial charge in [0.05, 0.1) is 17.6 Å². The van der Waals surface area contributed by atoms with Crippen molar-refractivity contribution in [3.05, 3.63) is 0 Å². The summed E-state index contributed by atoms with van der Waals surface area (Å²) in [5.74, 6) is 0. The monoisotopic (exact) mass is 224 g/mol. The van der Waals surface area contributed by atoms with Crippen LogP contribution < -0.4 is 5.32 Å². The second-order valence-corrected chi connectivity index (χ2v) is 5.29. The standard InChI is InChI=1S/C13H24N2O/c1-13(2,11-14)7-3-4-9-16-12-6-5-8-15-10-12/h12,15H,3-10H2,1-2H3. The first-order chi connectivity index (χ1) is 7.64. The summed E-state index contributed by atoms with van der Waals surface area (Å²) in [6.07, 6.45) is 5.96. The lowest BCUT2D eigenvalue weighted by atomic mass is 9.89. The van der Waals surface area contributed by atoms with Crippen LogP contribution in [0.1, 0.15) is 46.0 Å². The highest BCUT2D eigenvalue weighted by Crippen LogP contribution is 2.21. The Bertz CT molecular complexity index is 227. The van der Waals surface area contributed by atoms with E-state index in [4.69, 9.17) is 10.00 Å². The van der Waals surface area contributed by atoms with Gasteiger partial charge in [0.1, 0.15) is 0 Å². The summed E-state index contributed by atoms with van der Waals surface area (Å²) < 4.78 is 5.79. The predicted molar refractivity (Wildman–Crippen MR) is 65.1 cm³/mol. The molecular weight excluding hydrogens is 200 g/mol. The topological polar surface area (TPSA) is 45.0 Å². The average Bonchev–Trinajstić information content (AvgIpc) is 2.30. The van der Waals surface area contributed by atoms with E-state index in [1.54, 1.807) is 0 Å². The molecule has 1 N–H and O–H groups in total. The maximum atomic E-state index is 8.86. The summed E-state index contributed by atoms with van der Waals surface area (Å²) >= 11 is 0. The molecule has 0 aromatic rings. The number of nitriles is 1. The third-order valence-corrected chi connectivity index (χ3v) is 3.10. The van der Waals surface area contributed by atoms with Crippen molar-refractivity contribution in [3.63, 3.8) is 0 Å². The fraction of sp³-hybridized carbons (Fsp3) is 0.923. The molecule has 16 heavy (non-hydrogen) atoms. The Morgan fingerprint density at radius 1 is 1.44 bits per heavy atom. The molecule has 0 spiro atoms. The first-order valence-corrected chi connectivity index (χ1v) is 6.38. The van der Waals surface area contributed by atoms with E-state index in [0.717, 1.165) is 39.0 Å². The van der Waals surface area contributed by atoms with Crippen LogP contribution in [0.3, 0.4) is 0 Å². The van der Waals surface area contributed by atoms with E-state index in [0.29, 0.717) is 6.10 Å².